The van der Waals surface area contributed by atoms with Gasteiger partial charge in [-0.1, -0.05) is 12.1 Å². The first kappa shape index (κ1) is 11.3. The largest absolute Gasteiger partial charge is 0.481 e. The van der Waals surface area contributed by atoms with Gasteiger partial charge in [-0.25, -0.2) is 9.37 Å². The predicted octanol–water partition coefficient (Wildman–Crippen LogP) is 2.71. The highest BCUT2D eigenvalue weighted by Gasteiger charge is 2.08. The molecule has 86 valence electrons. The number of pyridine rings is 1. The van der Waals surface area contributed by atoms with Crippen LogP contribution in [0.15, 0.2) is 36.4 Å². The summed E-state index contributed by atoms with van der Waals surface area (Å²) in [6.07, 6.45) is 0.628. The maximum Gasteiger partial charge on any atom is 0.213 e. The van der Waals surface area contributed by atoms with Gasteiger partial charge >= 0.3 is 0 Å². The van der Waals surface area contributed by atoms with E-state index in [-0.39, 0.29) is 11.5 Å². The highest BCUT2D eigenvalue weighted by molar-refractivity contribution is 5.85. The van der Waals surface area contributed by atoms with Crippen molar-refractivity contribution in [3.63, 3.8) is 0 Å². The van der Waals surface area contributed by atoms with Crippen molar-refractivity contribution >= 4 is 6.29 Å². The van der Waals surface area contributed by atoms with Crippen LogP contribution >= 0.6 is 0 Å². The number of carbonyl (C=O) groups is 1. The molecule has 1 aromatic heterocycles. The molecular formula is C13H10FNO2. The normalized spacial score (nSPS) is 10.0. The molecule has 0 atom stereocenters. The molecule has 0 aliphatic heterocycles. The van der Waals surface area contributed by atoms with E-state index in [0.717, 1.165) is 0 Å². The standard InChI is InChI=1S/C13H10FNO2/c1-17-13-6-5-11(12(8-16)15-13)9-3-2-4-10(14)7-9/h2-8H,1H3. The Bertz CT molecular complexity index is 555. The molecule has 2 rings (SSSR count). The van der Waals surface area contributed by atoms with Crippen LogP contribution in [0.3, 0.4) is 0 Å². The Morgan fingerprint density at radius 2 is 2.12 bits per heavy atom. The molecule has 4 heteroatoms. The summed E-state index contributed by atoms with van der Waals surface area (Å²) in [5.74, 6) is 0.00224. The fourth-order valence-electron chi connectivity index (χ4n) is 1.56. The summed E-state index contributed by atoms with van der Waals surface area (Å²) in [6, 6.07) is 9.33. The number of aromatic nitrogens is 1. The quantitative estimate of drug-likeness (QED) is 0.762. The van der Waals surface area contributed by atoms with Gasteiger partial charge in [0.2, 0.25) is 5.88 Å². The van der Waals surface area contributed by atoms with Crippen molar-refractivity contribution in [2.24, 2.45) is 0 Å². The van der Waals surface area contributed by atoms with Crippen molar-refractivity contribution in [2.45, 2.75) is 0 Å². The van der Waals surface area contributed by atoms with Crippen LogP contribution in [0, 0.1) is 5.82 Å². The summed E-state index contributed by atoms with van der Waals surface area (Å²) in [6.45, 7) is 0. The van der Waals surface area contributed by atoms with Crippen molar-refractivity contribution < 1.29 is 13.9 Å². The highest BCUT2D eigenvalue weighted by atomic mass is 19.1. The van der Waals surface area contributed by atoms with E-state index in [2.05, 4.69) is 4.98 Å². The first-order chi connectivity index (χ1) is 8.24. The molecule has 0 spiro atoms. The van der Waals surface area contributed by atoms with Crippen molar-refractivity contribution in [3.8, 4) is 17.0 Å². The van der Waals surface area contributed by atoms with E-state index in [1.165, 1.54) is 19.2 Å². The fourth-order valence-corrected chi connectivity index (χ4v) is 1.56. The van der Waals surface area contributed by atoms with Crippen LogP contribution in [0.5, 0.6) is 5.88 Å². The van der Waals surface area contributed by atoms with Crippen LogP contribution in [-0.2, 0) is 0 Å². The summed E-state index contributed by atoms with van der Waals surface area (Å²) in [5.41, 5.74) is 1.43. The van der Waals surface area contributed by atoms with Gasteiger partial charge in [-0.2, -0.15) is 0 Å². The molecule has 0 saturated carbocycles. The molecule has 17 heavy (non-hydrogen) atoms. The number of hydrogen-bond acceptors (Lipinski definition) is 3. The van der Waals surface area contributed by atoms with Gasteiger partial charge in [-0.3, -0.25) is 4.79 Å². The molecule has 0 saturated heterocycles. The SMILES string of the molecule is COc1ccc(-c2cccc(F)c2)c(C=O)n1. The summed E-state index contributed by atoms with van der Waals surface area (Å²) < 4.78 is 18.0. The monoisotopic (exact) mass is 231 g/mol. The molecule has 2 aromatic rings. The number of hydrogen-bond donors (Lipinski definition) is 0. The van der Waals surface area contributed by atoms with Crippen LogP contribution in [0.4, 0.5) is 4.39 Å². The van der Waals surface area contributed by atoms with Crippen LogP contribution in [0.2, 0.25) is 0 Å². The van der Waals surface area contributed by atoms with Gasteiger partial charge in [0.1, 0.15) is 11.5 Å². The van der Waals surface area contributed by atoms with Gasteiger partial charge in [-0.15, -0.1) is 0 Å². The van der Waals surface area contributed by atoms with Gasteiger partial charge in [-0.05, 0) is 23.8 Å². The van der Waals surface area contributed by atoms with Crippen LogP contribution in [0.25, 0.3) is 11.1 Å². The Hall–Kier alpha value is -2.23. The maximum absolute atomic E-state index is 13.1. The minimum atomic E-state index is -0.352. The van der Waals surface area contributed by atoms with E-state index in [9.17, 15) is 9.18 Å². The Labute approximate surface area is 97.9 Å². The number of nitrogens with zero attached hydrogens (tertiary/aromatic N) is 1. The third-order valence-electron chi connectivity index (χ3n) is 2.36. The number of carbonyl (C=O) groups excluding carboxylic acids is 1. The number of aldehydes is 1. The average molecular weight is 231 g/mol. The molecule has 0 aliphatic rings. The summed E-state index contributed by atoms with van der Waals surface area (Å²) in [5, 5.41) is 0. The van der Waals surface area contributed by atoms with Crippen molar-refractivity contribution in [2.75, 3.05) is 7.11 Å². The summed E-state index contributed by atoms with van der Waals surface area (Å²) >= 11 is 0. The molecule has 1 aromatic carbocycles. The van der Waals surface area contributed by atoms with Crippen molar-refractivity contribution in [3.05, 3.63) is 47.9 Å². The van der Waals surface area contributed by atoms with Gasteiger partial charge in [0, 0.05) is 11.6 Å². The van der Waals surface area contributed by atoms with Gasteiger partial charge in [0.25, 0.3) is 0 Å². The fraction of sp³-hybridized carbons (Fsp3) is 0.0769. The number of halogens is 1. The lowest BCUT2D eigenvalue weighted by Crippen LogP contribution is -1.96. The molecule has 0 N–H and O–H groups in total. The summed E-state index contributed by atoms with van der Waals surface area (Å²) in [7, 11) is 1.47. The number of rotatable bonds is 3. The Morgan fingerprint density at radius 1 is 1.29 bits per heavy atom. The molecule has 0 radical (unpaired) electrons. The number of ether oxygens (including phenoxy) is 1. The van der Waals surface area contributed by atoms with Crippen molar-refractivity contribution in [1.29, 1.82) is 0 Å². The molecule has 0 aliphatic carbocycles. The molecule has 0 bridgehead atoms. The third-order valence-corrected chi connectivity index (χ3v) is 2.36. The maximum atomic E-state index is 13.1. The van der Waals surface area contributed by atoms with E-state index in [4.69, 9.17) is 4.74 Å². The lowest BCUT2D eigenvalue weighted by molar-refractivity contribution is 0.111. The lowest BCUT2D eigenvalue weighted by atomic mass is 10.0. The van der Waals surface area contributed by atoms with Crippen LogP contribution in [-0.4, -0.2) is 18.4 Å². The number of benzene rings is 1. The van der Waals surface area contributed by atoms with Gasteiger partial charge in [0.05, 0.1) is 7.11 Å². The minimum Gasteiger partial charge on any atom is -0.481 e. The van der Waals surface area contributed by atoms with Gasteiger partial charge < -0.3 is 4.74 Å². The second-order valence-electron chi connectivity index (χ2n) is 3.41. The lowest BCUT2D eigenvalue weighted by Gasteiger charge is -2.06. The third kappa shape index (κ3) is 2.30. The topological polar surface area (TPSA) is 39.2 Å². The summed E-state index contributed by atoms with van der Waals surface area (Å²) in [4.78, 5) is 14.9. The van der Waals surface area contributed by atoms with Crippen LogP contribution in [0.1, 0.15) is 10.5 Å². The molecule has 0 fully saturated rings. The second kappa shape index (κ2) is 4.74. The average Bonchev–Trinajstić information content (AvgIpc) is 2.38. The zero-order valence-electron chi connectivity index (χ0n) is 9.18. The molecular weight excluding hydrogens is 221 g/mol. The van der Waals surface area contributed by atoms with E-state index in [1.54, 1.807) is 24.3 Å². The Balaban J connectivity index is 2.55. The Morgan fingerprint density at radius 3 is 2.76 bits per heavy atom. The number of methoxy groups -OCH3 is 1. The van der Waals surface area contributed by atoms with Gasteiger partial charge in [0.15, 0.2) is 6.29 Å². The minimum absolute atomic E-state index is 0.231. The van der Waals surface area contributed by atoms with E-state index >= 15 is 0 Å². The highest BCUT2D eigenvalue weighted by Crippen LogP contribution is 2.24. The predicted molar refractivity (Wildman–Crippen MR) is 61.6 cm³/mol. The molecule has 3 nitrogen and oxygen atoms in total. The molecule has 0 amide bonds. The Kier molecular flexibility index (Phi) is 3.14. The first-order valence-electron chi connectivity index (χ1n) is 5.00. The zero-order valence-corrected chi connectivity index (χ0v) is 9.18. The van der Waals surface area contributed by atoms with E-state index in [0.29, 0.717) is 23.3 Å². The second-order valence-corrected chi connectivity index (χ2v) is 3.41. The van der Waals surface area contributed by atoms with Crippen molar-refractivity contribution in [1.82, 2.24) is 4.98 Å². The zero-order chi connectivity index (χ0) is 12.3. The molecule has 1 heterocycles. The smallest absolute Gasteiger partial charge is 0.213 e. The van der Waals surface area contributed by atoms with E-state index in [1.807, 2.05) is 0 Å². The first-order valence-corrected chi connectivity index (χ1v) is 5.00. The molecule has 0 unspecified atom stereocenters. The van der Waals surface area contributed by atoms with Crippen LogP contribution < -0.4 is 4.74 Å². The van der Waals surface area contributed by atoms with E-state index < -0.39 is 0 Å².